The number of amides is 1. The maximum Gasteiger partial charge on any atom is 0.326 e. The Morgan fingerprint density at radius 3 is 2.06 bits per heavy atom. The largest absolute Gasteiger partial charge is 0.480 e. The van der Waals surface area contributed by atoms with E-state index >= 15 is 0 Å². The van der Waals surface area contributed by atoms with Gasteiger partial charge >= 0.3 is 5.97 Å². The van der Waals surface area contributed by atoms with Crippen molar-refractivity contribution in [3.63, 3.8) is 0 Å². The lowest BCUT2D eigenvalue weighted by molar-refractivity contribution is -0.142. The van der Waals surface area contributed by atoms with Gasteiger partial charge in [0.1, 0.15) is 6.04 Å². The van der Waals surface area contributed by atoms with Crippen LogP contribution in [0.25, 0.3) is 0 Å². The molecule has 7 nitrogen and oxygen atoms in total. The normalized spacial score (nSPS) is 15.8. The summed E-state index contributed by atoms with van der Waals surface area (Å²) in [4.78, 5) is 35.5. The molecule has 0 fully saturated rings. The molecule has 0 aliphatic carbocycles. The molecular formula is C23H31N2O5PS. The lowest BCUT2D eigenvalue weighted by atomic mass is 9.99. The quantitative estimate of drug-likeness (QED) is 0.326. The molecule has 2 rings (SSSR count). The Hall–Kier alpha value is -2.12. The minimum Gasteiger partial charge on any atom is -0.480 e. The zero-order valence-electron chi connectivity index (χ0n) is 18.1. The number of hydrogen-bond acceptors (Lipinski definition) is 5. The van der Waals surface area contributed by atoms with Gasteiger partial charge in [0.15, 0.2) is 0 Å². The van der Waals surface area contributed by atoms with E-state index in [9.17, 15) is 24.2 Å². The highest BCUT2D eigenvalue weighted by Gasteiger charge is 2.35. The molecule has 2 aromatic rings. The fourth-order valence-corrected chi connectivity index (χ4v) is 5.76. The zero-order chi connectivity index (χ0) is 23.6. The van der Waals surface area contributed by atoms with Crippen molar-refractivity contribution in [1.82, 2.24) is 5.32 Å². The molecule has 0 aliphatic heterocycles. The number of nitrogens with two attached hydrogens (primary N) is 1. The Kier molecular flexibility index (Phi) is 10.5. The molecule has 0 spiro atoms. The highest BCUT2D eigenvalue weighted by Crippen LogP contribution is 2.47. The van der Waals surface area contributed by atoms with E-state index in [1.165, 1.54) is 11.8 Å². The molecule has 2 aromatic carbocycles. The molecule has 0 saturated carbocycles. The van der Waals surface area contributed by atoms with Crippen LogP contribution >= 0.6 is 19.1 Å². The van der Waals surface area contributed by atoms with Gasteiger partial charge < -0.3 is 21.1 Å². The van der Waals surface area contributed by atoms with Gasteiger partial charge in [-0.25, -0.2) is 4.79 Å². The summed E-state index contributed by atoms with van der Waals surface area (Å²) < 4.78 is 13.0. The van der Waals surface area contributed by atoms with E-state index in [-0.39, 0.29) is 19.0 Å². The van der Waals surface area contributed by atoms with Crippen LogP contribution in [0, 0.1) is 5.92 Å². The topological polar surface area (TPSA) is 130 Å². The van der Waals surface area contributed by atoms with Crippen LogP contribution < -0.4 is 11.1 Å². The predicted molar refractivity (Wildman–Crippen MR) is 129 cm³/mol. The van der Waals surface area contributed by atoms with Gasteiger partial charge in [0.05, 0.1) is 11.7 Å². The van der Waals surface area contributed by atoms with Crippen LogP contribution in [0.15, 0.2) is 60.7 Å². The van der Waals surface area contributed by atoms with Crippen molar-refractivity contribution < 1.29 is 24.2 Å². The molecule has 0 radical (unpaired) electrons. The number of carboxylic acid groups (broad SMARTS) is 1. The molecule has 5 N–H and O–H groups in total. The van der Waals surface area contributed by atoms with Gasteiger partial charge in [0.2, 0.25) is 13.3 Å². The van der Waals surface area contributed by atoms with Crippen LogP contribution in [0.3, 0.4) is 0 Å². The van der Waals surface area contributed by atoms with Crippen LogP contribution in [0.4, 0.5) is 0 Å². The van der Waals surface area contributed by atoms with Crippen LogP contribution in [-0.2, 0) is 27.0 Å². The summed E-state index contributed by atoms with van der Waals surface area (Å²) in [5, 5.41) is 12.2. The van der Waals surface area contributed by atoms with Crippen molar-refractivity contribution >= 4 is 31.0 Å². The maximum atomic E-state index is 13.1. The number of nitrogens with one attached hydrogen (secondary N) is 1. The van der Waals surface area contributed by atoms with Crippen molar-refractivity contribution in [2.45, 2.75) is 31.1 Å². The molecule has 4 atom stereocenters. The third-order valence-electron chi connectivity index (χ3n) is 5.21. The zero-order valence-corrected chi connectivity index (χ0v) is 19.8. The van der Waals surface area contributed by atoms with Crippen molar-refractivity contribution in [2.75, 3.05) is 18.2 Å². The van der Waals surface area contributed by atoms with Crippen molar-refractivity contribution in [3.8, 4) is 0 Å². The lowest BCUT2D eigenvalue weighted by Gasteiger charge is -2.25. The molecule has 0 bridgehead atoms. The van der Waals surface area contributed by atoms with Gasteiger partial charge in [-0.15, -0.1) is 0 Å². The first-order valence-corrected chi connectivity index (χ1v) is 13.7. The third-order valence-corrected chi connectivity index (χ3v) is 8.11. The van der Waals surface area contributed by atoms with Crippen LogP contribution in [0.5, 0.6) is 0 Å². The maximum absolute atomic E-state index is 13.1. The molecule has 32 heavy (non-hydrogen) atoms. The fourth-order valence-electron chi connectivity index (χ4n) is 3.37. The summed E-state index contributed by atoms with van der Waals surface area (Å²) in [5.74, 6) is -2.90. The Balaban J connectivity index is 2.20. The first-order valence-electron chi connectivity index (χ1n) is 10.4. The Morgan fingerprint density at radius 2 is 1.56 bits per heavy atom. The number of carbonyl (C=O) groups excluding carboxylic acids is 1. The highest BCUT2D eigenvalue weighted by atomic mass is 32.2. The van der Waals surface area contributed by atoms with Gasteiger partial charge in [-0.2, -0.15) is 11.8 Å². The molecule has 1 amide bonds. The summed E-state index contributed by atoms with van der Waals surface area (Å²) in [5.41, 5.74) is 7.57. The lowest BCUT2D eigenvalue weighted by Crippen LogP contribution is -2.46. The third kappa shape index (κ3) is 8.43. The smallest absolute Gasteiger partial charge is 0.326 e. The van der Waals surface area contributed by atoms with Crippen molar-refractivity contribution in [3.05, 3.63) is 71.8 Å². The minimum absolute atomic E-state index is 0.115. The van der Waals surface area contributed by atoms with Gasteiger partial charge in [-0.05, 0) is 36.0 Å². The van der Waals surface area contributed by atoms with E-state index in [0.717, 1.165) is 11.1 Å². The van der Waals surface area contributed by atoms with Crippen molar-refractivity contribution in [1.29, 1.82) is 0 Å². The molecule has 1 unspecified atom stereocenters. The summed E-state index contributed by atoms with van der Waals surface area (Å²) in [6, 6.07) is 17.0. The summed E-state index contributed by atoms with van der Waals surface area (Å²) in [7, 11) is -3.84. The predicted octanol–water partition coefficient (Wildman–Crippen LogP) is 2.97. The second kappa shape index (κ2) is 12.8. The van der Waals surface area contributed by atoms with E-state index in [0.29, 0.717) is 12.2 Å². The standard InChI is InChI=1S/C23H31N2O5PS/c1-32-13-12-21(24)31(29,30)16-19(14-17-8-4-2-5-9-17)22(26)25-20(23(27)28)15-18-10-6-3-7-11-18/h2-11,19-21H,12-16,24H2,1H3,(H,25,26)(H,27,28)(H,29,30)/t19-,20+,21-/m1/s1. The van der Waals surface area contributed by atoms with Crippen LogP contribution in [-0.4, -0.2) is 51.9 Å². The Morgan fingerprint density at radius 1 is 1.03 bits per heavy atom. The number of aliphatic carboxylic acids is 1. The second-order valence-corrected chi connectivity index (χ2v) is 11.3. The van der Waals surface area contributed by atoms with Gasteiger partial charge in [0, 0.05) is 12.6 Å². The Bertz CT molecular complexity index is 913. The first-order chi connectivity index (χ1) is 15.2. The summed E-state index contributed by atoms with van der Waals surface area (Å²) in [6.45, 7) is 0. The number of thioether (sulfide) groups is 1. The molecule has 0 saturated heterocycles. The van der Waals surface area contributed by atoms with Crippen LogP contribution in [0.1, 0.15) is 17.5 Å². The summed E-state index contributed by atoms with van der Waals surface area (Å²) >= 11 is 1.53. The number of rotatable bonds is 13. The van der Waals surface area contributed by atoms with E-state index < -0.39 is 37.0 Å². The molecule has 0 aromatic heterocycles. The SMILES string of the molecule is CSCC[C@H](N)P(=O)(O)C[C@@H](Cc1ccccc1)C(=O)N[C@@H](Cc1ccccc1)C(=O)O. The molecular weight excluding hydrogens is 447 g/mol. The number of benzene rings is 2. The van der Waals surface area contributed by atoms with Crippen molar-refractivity contribution in [2.24, 2.45) is 11.7 Å². The molecule has 0 heterocycles. The van der Waals surface area contributed by atoms with E-state index in [4.69, 9.17) is 5.73 Å². The number of carbonyl (C=O) groups is 2. The van der Waals surface area contributed by atoms with Crippen LogP contribution in [0.2, 0.25) is 0 Å². The average Bonchev–Trinajstić information content (AvgIpc) is 2.77. The first kappa shape index (κ1) is 26.1. The van der Waals surface area contributed by atoms with Gasteiger partial charge in [-0.1, -0.05) is 60.7 Å². The van der Waals surface area contributed by atoms with Gasteiger partial charge in [-0.3, -0.25) is 9.36 Å². The summed E-state index contributed by atoms with van der Waals surface area (Å²) in [6.07, 6.45) is 2.27. The fraction of sp³-hybridized carbons (Fsp3) is 0.391. The Labute approximate surface area is 193 Å². The minimum atomic E-state index is -3.84. The van der Waals surface area contributed by atoms with E-state index in [1.807, 2.05) is 42.7 Å². The van der Waals surface area contributed by atoms with E-state index in [1.54, 1.807) is 24.3 Å². The molecule has 174 valence electrons. The van der Waals surface area contributed by atoms with Gasteiger partial charge in [0.25, 0.3) is 0 Å². The second-order valence-electron chi connectivity index (χ2n) is 7.76. The molecule has 9 heteroatoms. The highest BCUT2D eigenvalue weighted by molar-refractivity contribution is 7.98. The number of hydrogen-bond donors (Lipinski definition) is 4. The monoisotopic (exact) mass is 478 g/mol. The molecule has 0 aliphatic rings. The number of carboxylic acids is 1. The average molecular weight is 479 g/mol. The van der Waals surface area contributed by atoms with E-state index in [2.05, 4.69) is 5.32 Å².